The lowest BCUT2D eigenvalue weighted by Gasteiger charge is -2.23. The molecule has 6 heteroatoms. The Kier molecular flexibility index (Phi) is 4.49. The van der Waals surface area contributed by atoms with Crippen LogP contribution in [0.5, 0.6) is 0 Å². The number of ether oxygens (including phenoxy) is 1. The van der Waals surface area contributed by atoms with Gasteiger partial charge in [-0.1, -0.05) is 30.3 Å². The van der Waals surface area contributed by atoms with Crippen LogP contribution >= 0.6 is 11.3 Å². The molecule has 1 aliphatic heterocycles. The fraction of sp³-hybridized carbons (Fsp3) is 0.278. The molecule has 5 nitrogen and oxygen atoms in total. The quantitative estimate of drug-likeness (QED) is 0.783. The first-order valence-corrected chi connectivity index (χ1v) is 8.95. The third-order valence-electron chi connectivity index (χ3n) is 4.00. The number of benzene rings is 1. The Bertz CT molecular complexity index is 800. The van der Waals surface area contributed by atoms with Crippen molar-refractivity contribution in [2.45, 2.75) is 18.9 Å². The number of anilines is 1. The highest BCUT2D eigenvalue weighted by Crippen LogP contribution is 2.28. The Hall–Kier alpha value is -2.31. The molecule has 3 heterocycles. The molecule has 1 aliphatic rings. The maximum atomic E-state index is 5.39. The SMILES string of the molecule is c1ccc(-c2nc(-c3ccnc(NC4CCOCC4)n3)cs2)cc1. The molecule has 0 spiro atoms. The van der Waals surface area contributed by atoms with Gasteiger partial charge in [-0.2, -0.15) is 0 Å². The lowest BCUT2D eigenvalue weighted by Crippen LogP contribution is -2.28. The molecule has 3 aromatic rings. The highest BCUT2D eigenvalue weighted by atomic mass is 32.1. The van der Waals surface area contributed by atoms with E-state index in [4.69, 9.17) is 9.72 Å². The maximum absolute atomic E-state index is 5.39. The standard InChI is InChI=1S/C18H18N4OS/c1-2-4-13(5-3-1)17-21-16(12-24-17)15-6-9-19-18(22-15)20-14-7-10-23-11-8-14/h1-6,9,12,14H,7-8,10-11H2,(H,19,20,22). The molecule has 0 unspecified atom stereocenters. The molecular formula is C18H18N4OS. The van der Waals surface area contributed by atoms with Crippen LogP contribution in [0.2, 0.25) is 0 Å². The predicted octanol–water partition coefficient (Wildman–Crippen LogP) is 3.86. The van der Waals surface area contributed by atoms with Crippen molar-refractivity contribution in [2.24, 2.45) is 0 Å². The summed E-state index contributed by atoms with van der Waals surface area (Å²) in [6.07, 6.45) is 3.76. The van der Waals surface area contributed by atoms with E-state index in [1.54, 1.807) is 17.5 Å². The lowest BCUT2D eigenvalue weighted by atomic mass is 10.1. The Morgan fingerprint density at radius 1 is 1.00 bits per heavy atom. The number of hydrogen-bond acceptors (Lipinski definition) is 6. The minimum absolute atomic E-state index is 0.379. The average Bonchev–Trinajstić information content (AvgIpc) is 3.14. The zero-order chi connectivity index (χ0) is 16.2. The summed E-state index contributed by atoms with van der Waals surface area (Å²) < 4.78 is 5.39. The maximum Gasteiger partial charge on any atom is 0.223 e. The topological polar surface area (TPSA) is 59.9 Å². The van der Waals surface area contributed by atoms with Crippen LogP contribution in [0.25, 0.3) is 22.0 Å². The largest absolute Gasteiger partial charge is 0.381 e. The van der Waals surface area contributed by atoms with E-state index < -0.39 is 0 Å². The molecule has 0 radical (unpaired) electrons. The monoisotopic (exact) mass is 338 g/mol. The van der Waals surface area contributed by atoms with E-state index in [1.165, 1.54) is 0 Å². The van der Waals surface area contributed by atoms with Crippen LogP contribution < -0.4 is 5.32 Å². The first-order valence-electron chi connectivity index (χ1n) is 8.07. The molecule has 1 N–H and O–H groups in total. The average molecular weight is 338 g/mol. The Morgan fingerprint density at radius 3 is 2.67 bits per heavy atom. The molecular weight excluding hydrogens is 320 g/mol. The first-order chi connectivity index (χ1) is 11.9. The van der Waals surface area contributed by atoms with E-state index in [0.717, 1.165) is 48.0 Å². The summed E-state index contributed by atoms with van der Waals surface area (Å²) in [4.78, 5) is 13.7. The molecule has 24 heavy (non-hydrogen) atoms. The van der Waals surface area contributed by atoms with Gasteiger partial charge in [-0.15, -0.1) is 11.3 Å². The minimum Gasteiger partial charge on any atom is -0.381 e. The zero-order valence-electron chi connectivity index (χ0n) is 13.2. The number of nitrogens with one attached hydrogen (secondary N) is 1. The van der Waals surface area contributed by atoms with Crippen LogP contribution in [0.3, 0.4) is 0 Å². The molecule has 0 amide bonds. The van der Waals surface area contributed by atoms with E-state index in [2.05, 4.69) is 27.4 Å². The van der Waals surface area contributed by atoms with Crippen molar-refractivity contribution in [2.75, 3.05) is 18.5 Å². The van der Waals surface area contributed by atoms with Crippen molar-refractivity contribution in [1.82, 2.24) is 15.0 Å². The molecule has 1 saturated heterocycles. The lowest BCUT2D eigenvalue weighted by molar-refractivity contribution is 0.0903. The first kappa shape index (κ1) is 15.2. The van der Waals surface area contributed by atoms with Crippen molar-refractivity contribution in [1.29, 1.82) is 0 Å². The van der Waals surface area contributed by atoms with E-state index in [1.807, 2.05) is 29.6 Å². The highest BCUT2D eigenvalue weighted by molar-refractivity contribution is 7.13. The van der Waals surface area contributed by atoms with Crippen molar-refractivity contribution in [3.63, 3.8) is 0 Å². The van der Waals surface area contributed by atoms with Crippen molar-refractivity contribution >= 4 is 17.3 Å². The van der Waals surface area contributed by atoms with Gasteiger partial charge in [-0.3, -0.25) is 0 Å². The zero-order valence-corrected chi connectivity index (χ0v) is 14.0. The number of nitrogens with zero attached hydrogens (tertiary/aromatic N) is 3. The molecule has 2 aromatic heterocycles. The third-order valence-corrected chi connectivity index (χ3v) is 4.89. The number of thiazole rings is 1. The number of hydrogen-bond donors (Lipinski definition) is 1. The van der Waals surface area contributed by atoms with Crippen molar-refractivity contribution in [3.8, 4) is 22.0 Å². The van der Waals surface area contributed by atoms with Gasteiger partial charge in [0, 0.05) is 36.4 Å². The predicted molar refractivity (Wildman–Crippen MR) is 96.0 cm³/mol. The summed E-state index contributed by atoms with van der Waals surface area (Å²) in [6, 6.07) is 12.5. The van der Waals surface area contributed by atoms with Crippen LogP contribution in [0, 0.1) is 0 Å². The van der Waals surface area contributed by atoms with Crippen LogP contribution in [0.15, 0.2) is 48.0 Å². The molecule has 0 bridgehead atoms. The van der Waals surface area contributed by atoms with Crippen molar-refractivity contribution in [3.05, 3.63) is 48.0 Å². The summed E-state index contributed by atoms with van der Waals surface area (Å²) in [5, 5.41) is 6.45. The van der Waals surface area contributed by atoms with Crippen LogP contribution in [0.1, 0.15) is 12.8 Å². The van der Waals surface area contributed by atoms with Gasteiger partial charge in [-0.25, -0.2) is 15.0 Å². The second-order valence-corrected chi connectivity index (χ2v) is 6.56. The molecule has 4 rings (SSSR count). The Balaban J connectivity index is 1.54. The Labute approximate surface area is 144 Å². The van der Waals surface area contributed by atoms with Gasteiger partial charge >= 0.3 is 0 Å². The van der Waals surface area contributed by atoms with Crippen LogP contribution in [0.4, 0.5) is 5.95 Å². The van der Waals surface area contributed by atoms with Gasteiger partial charge in [-0.05, 0) is 18.9 Å². The molecule has 0 atom stereocenters. The molecule has 1 fully saturated rings. The second kappa shape index (κ2) is 7.07. The summed E-state index contributed by atoms with van der Waals surface area (Å²) >= 11 is 1.63. The summed E-state index contributed by atoms with van der Waals surface area (Å²) in [7, 11) is 0. The molecule has 0 saturated carbocycles. The number of aromatic nitrogens is 3. The van der Waals surface area contributed by atoms with Gasteiger partial charge in [0.15, 0.2) is 0 Å². The molecule has 122 valence electrons. The van der Waals surface area contributed by atoms with Crippen LogP contribution in [-0.4, -0.2) is 34.2 Å². The fourth-order valence-corrected chi connectivity index (χ4v) is 3.52. The normalized spacial score (nSPS) is 15.3. The van der Waals surface area contributed by atoms with Gasteiger partial charge in [0.1, 0.15) is 10.7 Å². The van der Waals surface area contributed by atoms with Crippen molar-refractivity contribution < 1.29 is 4.74 Å². The smallest absolute Gasteiger partial charge is 0.223 e. The van der Waals surface area contributed by atoms with Gasteiger partial charge in [0.2, 0.25) is 5.95 Å². The van der Waals surface area contributed by atoms with Gasteiger partial charge in [0.25, 0.3) is 0 Å². The summed E-state index contributed by atoms with van der Waals surface area (Å²) in [5.41, 5.74) is 2.86. The fourth-order valence-electron chi connectivity index (χ4n) is 2.70. The van der Waals surface area contributed by atoms with E-state index >= 15 is 0 Å². The highest BCUT2D eigenvalue weighted by Gasteiger charge is 2.15. The second-order valence-electron chi connectivity index (χ2n) is 5.70. The van der Waals surface area contributed by atoms with Crippen LogP contribution in [-0.2, 0) is 4.74 Å². The summed E-state index contributed by atoms with van der Waals surface area (Å²) in [6.45, 7) is 1.59. The number of rotatable bonds is 4. The minimum atomic E-state index is 0.379. The van der Waals surface area contributed by atoms with Gasteiger partial charge in [0.05, 0.1) is 5.69 Å². The van der Waals surface area contributed by atoms with E-state index in [9.17, 15) is 0 Å². The summed E-state index contributed by atoms with van der Waals surface area (Å²) in [5.74, 6) is 0.661. The molecule has 1 aromatic carbocycles. The van der Waals surface area contributed by atoms with Gasteiger partial charge < -0.3 is 10.1 Å². The Morgan fingerprint density at radius 2 is 1.83 bits per heavy atom. The third kappa shape index (κ3) is 3.44. The van der Waals surface area contributed by atoms with E-state index in [0.29, 0.717) is 12.0 Å². The molecule has 0 aliphatic carbocycles. The van der Waals surface area contributed by atoms with E-state index in [-0.39, 0.29) is 0 Å².